The van der Waals surface area contributed by atoms with Gasteiger partial charge < -0.3 is 10.2 Å². The standard InChI is InChI=1S/C11H20N2S/c1-10-5-8-14-11(10)9-12-6-4-7-13(2)3/h5,8,12H,4,6-7,9H2,1-3H3/p+2. The molecule has 0 unspecified atom stereocenters. The highest BCUT2D eigenvalue weighted by Crippen LogP contribution is 2.13. The van der Waals surface area contributed by atoms with Crippen molar-refractivity contribution in [3.8, 4) is 0 Å². The van der Waals surface area contributed by atoms with Crippen molar-refractivity contribution in [2.24, 2.45) is 0 Å². The van der Waals surface area contributed by atoms with Crippen molar-refractivity contribution in [2.45, 2.75) is 19.9 Å². The summed E-state index contributed by atoms with van der Waals surface area (Å²) in [5.41, 5.74) is 1.45. The lowest BCUT2D eigenvalue weighted by Gasteiger charge is -2.05. The molecule has 1 heterocycles. The molecule has 1 aromatic rings. The number of aryl methyl sites for hydroxylation is 1. The number of quaternary nitrogens is 2. The van der Waals surface area contributed by atoms with Gasteiger partial charge in [0.15, 0.2) is 0 Å². The van der Waals surface area contributed by atoms with E-state index in [-0.39, 0.29) is 0 Å². The molecule has 0 radical (unpaired) electrons. The van der Waals surface area contributed by atoms with Crippen LogP contribution in [0.2, 0.25) is 0 Å². The minimum absolute atomic E-state index is 1.16. The van der Waals surface area contributed by atoms with E-state index in [0.29, 0.717) is 0 Å². The topological polar surface area (TPSA) is 21.1 Å². The summed E-state index contributed by atoms with van der Waals surface area (Å²) >= 11 is 1.88. The van der Waals surface area contributed by atoms with E-state index in [1.54, 1.807) is 4.90 Å². The van der Waals surface area contributed by atoms with Gasteiger partial charge in [-0.3, -0.25) is 0 Å². The maximum Gasteiger partial charge on any atom is 0.111 e. The van der Waals surface area contributed by atoms with Gasteiger partial charge in [0.05, 0.1) is 32.1 Å². The molecule has 3 N–H and O–H groups in total. The summed E-state index contributed by atoms with van der Waals surface area (Å²) in [6.45, 7) is 5.89. The number of nitrogens with two attached hydrogens (primary N) is 1. The SMILES string of the molecule is Cc1ccsc1C[NH2+]CCC[NH+](C)C. The summed E-state index contributed by atoms with van der Waals surface area (Å²) in [5.74, 6) is 0. The van der Waals surface area contributed by atoms with Crippen LogP contribution in [0.5, 0.6) is 0 Å². The zero-order chi connectivity index (χ0) is 10.4. The molecule has 0 fully saturated rings. The van der Waals surface area contributed by atoms with Crippen LogP contribution in [-0.2, 0) is 6.54 Å². The third kappa shape index (κ3) is 4.22. The van der Waals surface area contributed by atoms with Crippen molar-refractivity contribution in [1.82, 2.24) is 0 Å². The fourth-order valence-corrected chi connectivity index (χ4v) is 2.35. The average molecular weight is 214 g/mol. The quantitative estimate of drug-likeness (QED) is 0.604. The van der Waals surface area contributed by atoms with Crippen LogP contribution in [0.1, 0.15) is 16.9 Å². The van der Waals surface area contributed by atoms with E-state index in [4.69, 9.17) is 0 Å². The Morgan fingerprint density at radius 2 is 2.21 bits per heavy atom. The van der Waals surface area contributed by atoms with Gasteiger partial charge in [0.1, 0.15) is 6.54 Å². The van der Waals surface area contributed by atoms with Crippen LogP contribution in [0.4, 0.5) is 0 Å². The molecule has 0 spiro atoms. The molecule has 0 atom stereocenters. The van der Waals surface area contributed by atoms with Crippen LogP contribution in [0.25, 0.3) is 0 Å². The molecule has 0 bridgehead atoms. The minimum atomic E-state index is 1.16. The van der Waals surface area contributed by atoms with Crippen LogP contribution in [0.15, 0.2) is 11.4 Å². The number of hydrogen-bond donors (Lipinski definition) is 2. The van der Waals surface area contributed by atoms with E-state index >= 15 is 0 Å². The maximum absolute atomic E-state index is 2.42. The summed E-state index contributed by atoms with van der Waals surface area (Å²) in [6, 6.07) is 2.21. The Bertz CT molecular complexity index is 256. The average Bonchev–Trinajstić information content (AvgIpc) is 2.51. The van der Waals surface area contributed by atoms with Gasteiger partial charge in [0.25, 0.3) is 0 Å². The Morgan fingerprint density at radius 3 is 2.79 bits per heavy atom. The Labute approximate surface area is 90.9 Å². The van der Waals surface area contributed by atoms with Gasteiger partial charge in [0.2, 0.25) is 0 Å². The first kappa shape index (κ1) is 11.7. The largest absolute Gasteiger partial charge is 0.342 e. The van der Waals surface area contributed by atoms with Crippen LogP contribution in [0.3, 0.4) is 0 Å². The predicted molar refractivity (Wildman–Crippen MR) is 61.8 cm³/mol. The lowest BCUT2D eigenvalue weighted by Crippen LogP contribution is -3.06. The van der Waals surface area contributed by atoms with Gasteiger partial charge in [-0.2, -0.15) is 0 Å². The van der Waals surface area contributed by atoms with Crippen molar-refractivity contribution in [3.63, 3.8) is 0 Å². The van der Waals surface area contributed by atoms with E-state index in [2.05, 4.69) is 37.8 Å². The smallest absolute Gasteiger partial charge is 0.111 e. The molecule has 14 heavy (non-hydrogen) atoms. The Hall–Kier alpha value is -0.380. The first-order valence-electron chi connectivity index (χ1n) is 5.34. The molecule has 0 saturated heterocycles. The van der Waals surface area contributed by atoms with E-state index in [1.165, 1.54) is 30.0 Å². The fourth-order valence-electron chi connectivity index (χ4n) is 1.45. The third-order valence-electron chi connectivity index (χ3n) is 2.38. The molecule has 0 aliphatic rings. The van der Waals surface area contributed by atoms with E-state index < -0.39 is 0 Å². The predicted octanol–water partition coefficient (Wildman–Crippen LogP) is -0.345. The summed E-state index contributed by atoms with van der Waals surface area (Å²) in [7, 11) is 4.42. The van der Waals surface area contributed by atoms with Gasteiger partial charge >= 0.3 is 0 Å². The number of hydrogen-bond acceptors (Lipinski definition) is 1. The lowest BCUT2D eigenvalue weighted by molar-refractivity contribution is -0.860. The monoisotopic (exact) mass is 214 g/mol. The van der Waals surface area contributed by atoms with Gasteiger partial charge in [-0.25, -0.2) is 0 Å². The van der Waals surface area contributed by atoms with Gasteiger partial charge in [-0.1, -0.05) is 0 Å². The molecular weight excluding hydrogens is 192 g/mol. The summed E-state index contributed by atoms with van der Waals surface area (Å²) in [5, 5.41) is 4.60. The molecule has 3 heteroatoms. The third-order valence-corrected chi connectivity index (χ3v) is 3.43. The second-order valence-corrected chi connectivity index (χ2v) is 5.12. The molecular formula is C11H22N2S+2. The molecule has 0 saturated carbocycles. The van der Waals surface area contributed by atoms with Crippen molar-refractivity contribution in [2.75, 3.05) is 27.2 Å². The second kappa shape index (κ2) is 6.17. The molecule has 1 aromatic heterocycles. The number of thiophene rings is 1. The van der Waals surface area contributed by atoms with Crippen molar-refractivity contribution in [3.05, 3.63) is 21.9 Å². The zero-order valence-corrected chi connectivity index (χ0v) is 10.3. The number of nitrogens with one attached hydrogen (secondary N) is 1. The van der Waals surface area contributed by atoms with Crippen LogP contribution in [0, 0.1) is 6.92 Å². The Kier molecular flexibility index (Phi) is 5.15. The summed E-state index contributed by atoms with van der Waals surface area (Å²) in [4.78, 5) is 3.08. The van der Waals surface area contributed by atoms with Crippen molar-refractivity contribution < 1.29 is 10.2 Å². The molecule has 80 valence electrons. The Morgan fingerprint density at radius 1 is 1.43 bits per heavy atom. The first-order chi connectivity index (χ1) is 6.70. The van der Waals surface area contributed by atoms with Gasteiger partial charge in [-0.15, -0.1) is 11.3 Å². The number of rotatable bonds is 6. The molecule has 0 aliphatic heterocycles. The van der Waals surface area contributed by atoms with Crippen LogP contribution in [-0.4, -0.2) is 27.2 Å². The zero-order valence-electron chi connectivity index (χ0n) is 9.47. The summed E-state index contributed by atoms with van der Waals surface area (Å²) < 4.78 is 0. The molecule has 0 aliphatic carbocycles. The highest BCUT2D eigenvalue weighted by Gasteiger charge is 2.01. The molecule has 0 aromatic carbocycles. The fraction of sp³-hybridized carbons (Fsp3) is 0.636. The summed E-state index contributed by atoms with van der Waals surface area (Å²) in [6.07, 6.45) is 1.31. The van der Waals surface area contributed by atoms with Crippen molar-refractivity contribution >= 4 is 11.3 Å². The van der Waals surface area contributed by atoms with Gasteiger partial charge in [0, 0.05) is 6.42 Å². The maximum atomic E-state index is 2.42. The first-order valence-corrected chi connectivity index (χ1v) is 6.22. The minimum Gasteiger partial charge on any atom is -0.342 e. The van der Waals surface area contributed by atoms with E-state index in [9.17, 15) is 0 Å². The highest BCUT2D eigenvalue weighted by molar-refractivity contribution is 7.10. The van der Waals surface area contributed by atoms with E-state index in [1.807, 2.05) is 11.3 Å². The van der Waals surface area contributed by atoms with E-state index in [0.717, 1.165) is 6.54 Å². The van der Waals surface area contributed by atoms with Crippen molar-refractivity contribution in [1.29, 1.82) is 0 Å². The normalized spacial score (nSPS) is 11.1. The van der Waals surface area contributed by atoms with Gasteiger partial charge in [-0.05, 0) is 23.9 Å². The highest BCUT2D eigenvalue weighted by atomic mass is 32.1. The lowest BCUT2D eigenvalue weighted by atomic mass is 10.3. The van der Waals surface area contributed by atoms with Crippen LogP contribution >= 0.6 is 11.3 Å². The van der Waals surface area contributed by atoms with Crippen LogP contribution < -0.4 is 10.2 Å². The molecule has 2 nitrogen and oxygen atoms in total. The Balaban J connectivity index is 2.08. The second-order valence-electron chi connectivity index (χ2n) is 4.12. The molecule has 0 amide bonds. The molecule has 1 rings (SSSR count).